The van der Waals surface area contributed by atoms with Crippen molar-refractivity contribution in [2.24, 2.45) is 0 Å². The van der Waals surface area contributed by atoms with Gasteiger partial charge < -0.3 is 4.74 Å². The lowest BCUT2D eigenvalue weighted by Gasteiger charge is -2.13. The zero-order valence-corrected chi connectivity index (χ0v) is 16.7. The van der Waals surface area contributed by atoms with Crippen LogP contribution in [0.5, 0.6) is 5.75 Å². The van der Waals surface area contributed by atoms with Gasteiger partial charge in [0.15, 0.2) is 0 Å². The number of fused-ring (bicyclic) bond motifs is 3. The fourth-order valence-corrected chi connectivity index (χ4v) is 3.84. The van der Waals surface area contributed by atoms with E-state index in [9.17, 15) is 4.39 Å². The summed E-state index contributed by atoms with van der Waals surface area (Å²) in [5, 5.41) is 0. The van der Waals surface area contributed by atoms with E-state index in [4.69, 9.17) is 14.7 Å². The molecule has 30 heavy (non-hydrogen) atoms. The molecular weight excluding hydrogens is 381 g/mol. The summed E-state index contributed by atoms with van der Waals surface area (Å²) in [7, 11) is 1.61. The summed E-state index contributed by atoms with van der Waals surface area (Å²) in [6.45, 7) is 3.94. The van der Waals surface area contributed by atoms with Gasteiger partial charge in [0.05, 0.1) is 29.5 Å². The second-order valence-electron chi connectivity index (χ2n) is 7.06. The molecule has 5 rings (SSSR count). The molecule has 0 saturated heterocycles. The van der Waals surface area contributed by atoms with Gasteiger partial charge in [-0.25, -0.2) is 15.0 Å². The van der Waals surface area contributed by atoms with Crippen molar-refractivity contribution in [1.82, 2.24) is 24.3 Å². The Balaban J connectivity index is 1.92. The Labute approximate surface area is 172 Å². The molecule has 148 valence electrons. The van der Waals surface area contributed by atoms with E-state index in [0.717, 1.165) is 50.5 Å². The van der Waals surface area contributed by atoms with Crippen LogP contribution in [0.15, 0.2) is 55.0 Å². The van der Waals surface area contributed by atoms with Crippen LogP contribution in [0, 0.1) is 19.8 Å². The first kappa shape index (κ1) is 18.2. The minimum atomic E-state index is -0.518. The first-order valence-electron chi connectivity index (χ1n) is 9.46. The van der Waals surface area contributed by atoms with Crippen molar-refractivity contribution in [3.8, 4) is 28.3 Å². The number of methoxy groups -OCH3 is 1. The average Bonchev–Trinajstić information content (AvgIpc) is 3.13. The van der Waals surface area contributed by atoms with Crippen LogP contribution in [0.2, 0.25) is 0 Å². The van der Waals surface area contributed by atoms with Gasteiger partial charge in [0, 0.05) is 29.7 Å². The number of benzene rings is 1. The summed E-state index contributed by atoms with van der Waals surface area (Å²) < 4.78 is 21.1. The highest BCUT2D eigenvalue weighted by Crippen LogP contribution is 2.35. The van der Waals surface area contributed by atoms with Crippen molar-refractivity contribution in [3.63, 3.8) is 0 Å². The Morgan fingerprint density at radius 2 is 1.77 bits per heavy atom. The minimum absolute atomic E-state index is 0.518. The summed E-state index contributed by atoms with van der Waals surface area (Å²) in [6, 6.07) is 10.8. The molecule has 0 amide bonds. The first-order chi connectivity index (χ1) is 14.6. The molecule has 6 nitrogen and oxygen atoms in total. The van der Waals surface area contributed by atoms with Crippen molar-refractivity contribution in [1.29, 1.82) is 0 Å². The van der Waals surface area contributed by atoms with Gasteiger partial charge in [0.2, 0.25) is 5.95 Å². The van der Waals surface area contributed by atoms with Crippen molar-refractivity contribution in [3.05, 3.63) is 72.3 Å². The monoisotopic (exact) mass is 399 g/mol. The standard InChI is InChI=1S/C23H18FN5O/c1-13-22-14(2)28-23(16-5-4-8-25-11-16)29(22)18-9-17(10-19(30-3)21(18)27-13)15-6-7-20(24)26-12-15/h4-12H,1-3H3. The topological polar surface area (TPSA) is 65.2 Å². The van der Waals surface area contributed by atoms with Gasteiger partial charge in [-0.05, 0) is 55.8 Å². The lowest BCUT2D eigenvalue weighted by atomic mass is 10.1. The molecule has 0 unspecified atom stereocenters. The van der Waals surface area contributed by atoms with Crippen LogP contribution in [0.1, 0.15) is 11.4 Å². The molecule has 0 radical (unpaired) electrons. The van der Waals surface area contributed by atoms with Crippen LogP contribution in [-0.2, 0) is 0 Å². The third kappa shape index (κ3) is 2.78. The Kier molecular flexibility index (Phi) is 4.17. The van der Waals surface area contributed by atoms with Crippen LogP contribution in [0.3, 0.4) is 0 Å². The fraction of sp³-hybridized carbons (Fsp3) is 0.130. The van der Waals surface area contributed by atoms with E-state index in [1.165, 1.54) is 12.3 Å². The molecule has 1 aromatic carbocycles. The molecular formula is C23H18FN5O. The van der Waals surface area contributed by atoms with E-state index >= 15 is 0 Å². The molecule has 4 aromatic heterocycles. The Bertz CT molecular complexity index is 1400. The predicted molar refractivity (Wildman–Crippen MR) is 113 cm³/mol. The van der Waals surface area contributed by atoms with Crippen LogP contribution in [0.4, 0.5) is 4.39 Å². The quantitative estimate of drug-likeness (QED) is 0.409. The molecule has 0 atom stereocenters. The second-order valence-corrected chi connectivity index (χ2v) is 7.06. The molecule has 0 aliphatic carbocycles. The molecule has 0 saturated carbocycles. The third-order valence-electron chi connectivity index (χ3n) is 5.17. The lowest BCUT2D eigenvalue weighted by Crippen LogP contribution is -2.00. The average molecular weight is 399 g/mol. The number of ether oxygens (including phenoxy) is 1. The number of aromatic nitrogens is 5. The van der Waals surface area contributed by atoms with Gasteiger partial charge in [-0.3, -0.25) is 9.38 Å². The molecule has 0 N–H and O–H groups in total. The largest absolute Gasteiger partial charge is 0.494 e. The molecule has 5 aromatic rings. The highest BCUT2D eigenvalue weighted by atomic mass is 19.1. The molecule has 4 heterocycles. The van der Waals surface area contributed by atoms with E-state index < -0.39 is 5.95 Å². The Morgan fingerprint density at radius 1 is 0.933 bits per heavy atom. The number of hydrogen-bond acceptors (Lipinski definition) is 5. The van der Waals surface area contributed by atoms with Gasteiger partial charge >= 0.3 is 0 Å². The van der Waals surface area contributed by atoms with E-state index in [2.05, 4.69) is 14.4 Å². The molecule has 0 aliphatic rings. The van der Waals surface area contributed by atoms with Crippen LogP contribution in [0.25, 0.3) is 39.1 Å². The molecule has 7 heteroatoms. The lowest BCUT2D eigenvalue weighted by molar-refractivity contribution is 0.419. The van der Waals surface area contributed by atoms with Gasteiger partial charge in [0.25, 0.3) is 0 Å². The van der Waals surface area contributed by atoms with E-state index in [1.807, 2.05) is 38.1 Å². The maximum atomic E-state index is 13.3. The van der Waals surface area contributed by atoms with Crippen molar-refractivity contribution in [2.75, 3.05) is 7.11 Å². The highest BCUT2D eigenvalue weighted by Gasteiger charge is 2.19. The van der Waals surface area contributed by atoms with Gasteiger partial charge in [0.1, 0.15) is 17.1 Å². The van der Waals surface area contributed by atoms with Gasteiger partial charge in [-0.1, -0.05) is 0 Å². The molecule has 0 aliphatic heterocycles. The smallest absolute Gasteiger partial charge is 0.212 e. The molecule has 0 spiro atoms. The summed E-state index contributed by atoms with van der Waals surface area (Å²) in [5.41, 5.74) is 6.79. The van der Waals surface area contributed by atoms with Crippen molar-refractivity contribution in [2.45, 2.75) is 13.8 Å². The van der Waals surface area contributed by atoms with E-state index in [0.29, 0.717) is 5.75 Å². The zero-order valence-electron chi connectivity index (χ0n) is 16.7. The van der Waals surface area contributed by atoms with Crippen molar-refractivity contribution >= 4 is 16.6 Å². The number of rotatable bonds is 3. The highest BCUT2D eigenvalue weighted by molar-refractivity contribution is 5.91. The maximum Gasteiger partial charge on any atom is 0.212 e. The summed E-state index contributed by atoms with van der Waals surface area (Å²) in [6.07, 6.45) is 5.04. The second kappa shape index (κ2) is 6.88. The van der Waals surface area contributed by atoms with E-state index in [-0.39, 0.29) is 0 Å². The van der Waals surface area contributed by atoms with E-state index in [1.54, 1.807) is 25.6 Å². The summed E-state index contributed by atoms with van der Waals surface area (Å²) in [4.78, 5) is 17.7. The van der Waals surface area contributed by atoms with Gasteiger partial charge in [-0.15, -0.1) is 0 Å². The normalized spacial score (nSPS) is 11.3. The first-order valence-corrected chi connectivity index (χ1v) is 9.46. The summed E-state index contributed by atoms with van der Waals surface area (Å²) >= 11 is 0. The fourth-order valence-electron chi connectivity index (χ4n) is 3.84. The number of pyridine rings is 2. The van der Waals surface area contributed by atoms with Gasteiger partial charge in [-0.2, -0.15) is 4.39 Å². The number of nitrogens with zero attached hydrogens (tertiary/aromatic N) is 5. The Hall–Kier alpha value is -3.87. The van der Waals surface area contributed by atoms with Crippen LogP contribution < -0.4 is 4.74 Å². The van der Waals surface area contributed by atoms with Crippen LogP contribution in [-0.4, -0.2) is 31.4 Å². The van der Waals surface area contributed by atoms with Crippen molar-refractivity contribution < 1.29 is 9.13 Å². The zero-order chi connectivity index (χ0) is 20.8. The SMILES string of the molecule is COc1cc(-c2ccc(F)nc2)cc2c1nc(C)c1c(C)nc(-c3cccnc3)n12. The molecule has 0 bridgehead atoms. The summed E-state index contributed by atoms with van der Waals surface area (Å²) in [5.74, 6) is 0.887. The minimum Gasteiger partial charge on any atom is -0.494 e. The number of halogens is 1. The maximum absolute atomic E-state index is 13.3. The molecule has 0 fully saturated rings. The number of hydrogen-bond donors (Lipinski definition) is 0. The number of aryl methyl sites for hydroxylation is 2. The van der Waals surface area contributed by atoms with Crippen LogP contribution >= 0.6 is 0 Å². The predicted octanol–water partition coefficient (Wildman–Crippen LogP) is 4.77. The number of imidazole rings is 1. The Morgan fingerprint density at radius 3 is 2.47 bits per heavy atom. The third-order valence-corrected chi connectivity index (χ3v) is 5.17.